The molecule has 1 N–H and O–H groups in total. The van der Waals surface area contributed by atoms with Gasteiger partial charge >= 0.3 is 6.09 Å². The number of rotatable bonds is 7. The maximum absolute atomic E-state index is 12.5. The zero-order chi connectivity index (χ0) is 18.9. The van der Waals surface area contributed by atoms with E-state index in [2.05, 4.69) is 11.9 Å². The lowest BCUT2D eigenvalue weighted by Crippen LogP contribution is -2.33. The Morgan fingerprint density at radius 3 is 2.69 bits per heavy atom. The van der Waals surface area contributed by atoms with Crippen LogP contribution in [0.15, 0.2) is 61.2 Å². The monoisotopic (exact) mass is 372 g/mol. The lowest BCUT2D eigenvalue weighted by molar-refractivity contribution is -0.115. The van der Waals surface area contributed by atoms with E-state index in [-0.39, 0.29) is 5.91 Å². The number of nitrogens with one attached hydrogen (secondary N) is 1. The van der Waals surface area contributed by atoms with Gasteiger partial charge in [0.25, 0.3) is 0 Å². The number of amides is 2. The zero-order valence-electron chi connectivity index (χ0n) is 14.6. The van der Waals surface area contributed by atoms with E-state index in [1.807, 2.05) is 18.2 Å². The molecule has 2 aromatic rings. The average Bonchev–Trinajstić information content (AvgIpc) is 2.63. The smallest absolute Gasteiger partial charge is 0.410 e. The number of anilines is 1. The van der Waals surface area contributed by atoms with Gasteiger partial charge in [0.05, 0.1) is 6.54 Å². The number of carbonyl (C=O) groups excluding carboxylic acids is 2. The van der Waals surface area contributed by atoms with Crippen molar-refractivity contribution in [3.8, 4) is 5.75 Å². The van der Waals surface area contributed by atoms with Gasteiger partial charge < -0.3 is 10.1 Å². The van der Waals surface area contributed by atoms with Crippen LogP contribution >= 0.6 is 11.6 Å². The van der Waals surface area contributed by atoms with Crippen LogP contribution in [0.5, 0.6) is 5.75 Å². The Kier molecular flexibility index (Phi) is 7.24. The number of carbonyl (C=O) groups is 2. The van der Waals surface area contributed by atoms with Gasteiger partial charge in [-0.15, -0.1) is 6.58 Å². The molecule has 2 rings (SSSR count). The van der Waals surface area contributed by atoms with E-state index in [1.165, 1.54) is 4.90 Å². The topological polar surface area (TPSA) is 58.6 Å². The van der Waals surface area contributed by atoms with Gasteiger partial charge in [0.2, 0.25) is 5.91 Å². The van der Waals surface area contributed by atoms with Crippen LogP contribution in [-0.4, -0.2) is 23.4 Å². The highest BCUT2D eigenvalue weighted by Gasteiger charge is 2.16. The molecule has 5 nitrogen and oxygen atoms in total. The molecule has 6 heteroatoms. The molecule has 136 valence electrons. The largest absolute Gasteiger partial charge is 0.415 e. The summed E-state index contributed by atoms with van der Waals surface area (Å²) in [6.45, 7) is 6.06. The quantitative estimate of drug-likeness (QED) is 0.705. The molecule has 2 amide bonds. The number of hydrogen-bond acceptors (Lipinski definition) is 3. The van der Waals surface area contributed by atoms with E-state index in [9.17, 15) is 9.59 Å². The predicted molar refractivity (Wildman–Crippen MR) is 103 cm³/mol. The Labute approximate surface area is 158 Å². The minimum absolute atomic E-state index is 0.111. The van der Waals surface area contributed by atoms with E-state index in [0.29, 0.717) is 36.0 Å². The molecule has 2 aromatic carbocycles. The Morgan fingerprint density at radius 1 is 1.23 bits per heavy atom. The molecule has 0 aromatic heterocycles. The standard InChI is InChI=1S/C20H21ClN2O3/c1-3-12-23(14-15-8-5-6-11-18(15)21)20(25)26-17-10-7-9-16(13-17)22-19(24)4-2/h3,5-11,13H,1,4,12,14H2,2H3,(H,22,24). The summed E-state index contributed by atoms with van der Waals surface area (Å²) in [7, 11) is 0. The highest BCUT2D eigenvalue weighted by atomic mass is 35.5. The second-order valence-corrected chi connectivity index (χ2v) is 5.97. The van der Waals surface area contributed by atoms with Gasteiger partial charge in [0.1, 0.15) is 5.75 Å². The summed E-state index contributed by atoms with van der Waals surface area (Å²) in [6.07, 6.45) is 1.47. The average molecular weight is 373 g/mol. The third-order valence-electron chi connectivity index (χ3n) is 3.57. The normalized spacial score (nSPS) is 10.1. The second-order valence-electron chi connectivity index (χ2n) is 5.56. The van der Waals surface area contributed by atoms with Crippen LogP contribution in [0.1, 0.15) is 18.9 Å². The molecule has 0 heterocycles. The van der Waals surface area contributed by atoms with E-state index in [0.717, 1.165) is 5.56 Å². The molecule has 0 aliphatic carbocycles. The highest BCUT2D eigenvalue weighted by Crippen LogP contribution is 2.20. The SMILES string of the molecule is C=CCN(Cc1ccccc1Cl)C(=O)Oc1cccc(NC(=O)CC)c1. The van der Waals surface area contributed by atoms with Crippen LogP contribution in [0.4, 0.5) is 10.5 Å². The summed E-state index contributed by atoms with van der Waals surface area (Å²) in [4.78, 5) is 25.5. The van der Waals surface area contributed by atoms with Crippen molar-refractivity contribution in [1.82, 2.24) is 4.90 Å². The first-order valence-corrected chi connectivity index (χ1v) is 8.62. The summed E-state index contributed by atoms with van der Waals surface area (Å²) >= 11 is 6.17. The van der Waals surface area contributed by atoms with Crippen LogP contribution in [0.3, 0.4) is 0 Å². The lowest BCUT2D eigenvalue weighted by Gasteiger charge is -2.21. The second kappa shape index (κ2) is 9.63. The van der Waals surface area contributed by atoms with E-state index in [4.69, 9.17) is 16.3 Å². The molecule has 0 saturated heterocycles. The molecule has 0 atom stereocenters. The maximum Gasteiger partial charge on any atom is 0.415 e. The van der Waals surface area contributed by atoms with Gasteiger partial charge in [-0.3, -0.25) is 9.69 Å². The zero-order valence-corrected chi connectivity index (χ0v) is 15.3. The number of benzene rings is 2. The molecule has 0 spiro atoms. The van der Waals surface area contributed by atoms with Crippen LogP contribution < -0.4 is 10.1 Å². The van der Waals surface area contributed by atoms with Crippen LogP contribution in [-0.2, 0) is 11.3 Å². The van der Waals surface area contributed by atoms with Crippen molar-refractivity contribution < 1.29 is 14.3 Å². The number of ether oxygens (including phenoxy) is 1. The molecule has 0 fully saturated rings. The fraction of sp³-hybridized carbons (Fsp3) is 0.200. The first-order valence-electron chi connectivity index (χ1n) is 8.24. The van der Waals surface area contributed by atoms with Gasteiger partial charge in [-0.05, 0) is 23.8 Å². The Balaban J connectivity index is 2.10. The number of hydrogen-bond donors (Lipinski definition) is 1. The highest BCUT2D eigenvalue weighted by molar-refractivity contribution is 6.31. The Hall–Kier alpha value is -2.79. The summed E-state index contributed by atoms with van der Waals surface area (Å²) in [5, 5.41) is 3.31. The summed E-state index contributed by atoms with van der Waals surface area (Å²) in [6, 6.07) is 14.0. The van der Waals surface area contributed by atoms with Gasteiger partial charge in [0.15, 0.2) is 0 Å². The molecule has 0 radical (unpaired) electrons. The van der Waals surface area contributed by atoms with Crippen molar-refractivity contribution in [3.05, 3.63) is 71.8 Å². The Bertz CT molecular complexity index is 792. The fourth-order valence-electron chi connectivity index (χ4n) is 2.24. The molecular formula is C20H21ClN2O3. The van der Waals surface area contributed by atoms with Crippen LogP contribution in [0, 0.1) is 0 Å². The van der Waals surface area contributed by atoms with Crippen molar-refractivity contribution in [3.63, 3.8) is 0 Å². The van der Waals surface area contributed by atoms with Gasteiger partial charge in [-0.1, -0.05) is 48.9 Å². The van der Waals surface area contributed by atoms with Crippen LogP contribution in [0.2, 0.25) is 5.02 Å². The summed E-state index contributed by atoms with van der Waals surface area (Å²) < 4.78 is 5.44. The third kappa shape index (κ3) is 5.63. The molecular weight excluding hydrogens is 352 g/mol. The van der Waals surface area contributed by atoms with E-state index >= 15 is 0 Å². The van der Waals surface area contributed by atoms with Crippen molar-refractivity contribution >= 4 is 29.3 Å². The minimum atomic E-state index is -0.524. The summed E-state index contributed by atoms with van der Waals surface area (Å²) in [5.41, 5.74) is 1.39. The van der Waals surface area contributed by atoms with E-state index in [1.54, 1.807) is 43.3 Å². The molecule has 0 unspecified atom stereocenters. The van der Waals surface area contributed by atoms with Crippen molar-refractivity contribution in [2.24, 2.45) is 0 Å². The van der Waals surface area contributed by atoms with Crippen LogP contribution in [0.25, 0.3) is 0 Å². The minimum Gasteiger partial charge on any atom is -0.410 e. The predicted octanol–water partition coefficient (Wildman–Crippen LogP) is 4.88. The summed E-state index contributed by atoms with van der Waals surface area (Å²) in [5.74, 6) is 0.234. The number of halogens is 1. The van der Waals surface area contributed by atoms with Gasteiger partial charge in [-0.2, -0.15) is 0 Å². The van der Waals surface area contributed by atoms with Crippen molar-refractivity contribution in [1.29, 1.82) is 0 Å². The lowest BCUT2D eigenvalue weighted by atomic mass is 10.2. The molecule has 26 heavy (non-hydrogen) atoms. The number of nitrogens with zero attached hydrogens (tertiary/aromatic N) is 1. The van der Waals surface area contributed by atoms with Gasteiger partial charge in [0, 0.05) is 29.7 Å². The van der Waals surface area contributed by atoms with Gasteiger partial charge in [-0.25, -0.2) is 4.79 Å². The third-order valence-corrected chi connectivity index (χ3v) is 3.94. The first kappa shape index (κ1) is 19.5. The molecule has 0 aliphatic heterocycles. The first-order chi connectivity index (χ1) is 12.5. The molecule has 0 saturated carbocycles. The molecule has 0 aliphatic rings. The van der Waals surface area contributed by atoms with Crippen molar-refractivity contribution in [2.45, 2.75) is 19.9 Å². The Morgan fingerprint density at radius 2 is 2.00 bits per heavy atom. The fourth-order valence-corrected chi connectivity index (χ4v) is 2.44. The van der Waals surface area contributed by atoms with E-state index < -0.39 is 6.09 Å². The maximum atomic E-state index is 12.5. The molecule has 0 bridgehead atoms. The van der Waals surface area contributed by atoms with Crippen molar-refractivity contribution in [2.75, 3.05) is 11.9 Å².